The second-order valence-electron chi connectivity index (χ2n) is 2.99. The van der Waals surface area contributed by atoms with Crippen molar-refractivity contribution in [1.82, 2.24) is 0 Å². The van der Waals surface area contributed by atoms with Gasteiger partial charge in [-0.05, 0) is 12.1 Å². The Balaban J connectivity index is 2.96. The molecule has 0 saturated heterocycles. The molecular weight excluding hydrogens is 254 g/mol. The van der Waals surface area contributed by atoms with Gasteiger partial charge in [-0.25, -0.2) is 8.42 Å². The highest BCUT2D eigenvalue weighted by Gasteiger charge is 2.12. The number of aliphatic hydroxyl groups is 1. The number of hydrogen-bond donors (Lipinski definition) is 2. The number of methoxy groups -OCH3 is 1. The fourth-order valence-corrected chi connectivity index (χ4v) is 2.12. The number of sulfonamides is 1. The zero-order chi connectivity index (χ0) is 12.2. The van der Waals surface area contributed by atoms with Gasteiger partial charge in [0.05, 0.1) is 30.2 Å². The molecule has 0 spiro atoms. The van der Waals surface area contributed by atoms with Crippen LogP contribution < -0.4 is 9.46 Å². The van der Waals surface area contributed by atoms with Crippen molar-refractivity contribution in [2.75, 3.05) is 24.2 Å². The minimum absolute atomic E-state index is 0.231. The SMILES string of the molecule is COc1ccc(Cl)c(NS(=O)(=O)CCO)c1. The van der Waals surface area contributed by atoms with E-state index in [0.29, 0.717) is 5.75 Å². The highest BCUT2D eigenvalue weighted by Crippen LogP contribution is 2.27. The summed E-state index contributed by atoms with van der Waals surface area (Å²) in [6, 6.07) is 4.61. The summed E-state index contributed by atoms with van der Waals surface area (Å²) in [7, 11) is -2.10. The maximum atomic E-state index is 11.4. The van der Waals surface area contributed by atoms with Crippen LogP contribution in [0, 0.1) is 0 Å². The Kier molecular flexibility index (Phi) is 4.40. The van der Waals surface area contributed by atoms with E-state index in [1.807, 2.05) is 0 Å². The Hall–Kier alpha value is -0.980. The van der Waals surface area contributed by atoms with Gasteiger partial charge < -0.3 is 9.84 Å². The van der Waals surface area contributed by atoms with Crippen molar-refractivity contribution in [2.24, 2.45) is 0 Å². The lowest BCUT2D eigenvalue weighted by atomic mass is 10.3. The Labute approximate surface area is 99.0 Å². The van der Waals surface area contributed by atoms with Gasteiger partial charge in [0.15, 0.2) is 0 Å². The van der Waals surface area contributed by atoms with Crippen LogP contribution in [-0.2, 0) is 10.0 Å². The fraction of sp³-hybridized carbons (Fsp3) is 0.333. The minimum Gasteiger partial charge on any atom is -0.497 e. The molecule has 0 aromatic heterocycles. The van der Waals surface area contributed by atoms with Gasteiger partial charge in [0.25, 0.3) is 0 Å². The zero-order valence-corrected chi connectivity index (χ0v) is 10.2. The quantitative estimate of drug-likeness (QED) is 0.835. The van der Waals surface area contributed by atoms with E-state index in [1.165, 1.54) is 19.2 Å². The van der Waals surface area contributed by atoms with Gasteiger partial charge in [-0.1, -0.05) is 11.6 Å². The lowest BCUT2D eigenvalue weighted by molar-refractivity contribution is 0.320. The molecule has 0 atom stereocenters. The van der Waals surface area contributed by atoms with Crippen molar-refractivity contribution in [3.8, 4) is 5.75 Å². The number of hydrogen-bond acceptors (Lipinski definition) is 4. The van der Waals surface area contributed by atoms with E-state index in [2.05, 4.69) is 4.72 Å². The molecule has 1 aromatic rings. The molecule has 1 rings (SSSR count). The van der Waals surface area contributed by atoms with Crippen molar-refractivity contribution in [3.05, 3.63) is 23.2 Å². The summed E-state index contributed by atoms with van der Waals surface area (Å²) in [4.78, 5) is 0. The molecule has 0 amide bonds. The second kappa shape index (κ2) is 5.38. The van der Waals surface area contributed by atoms with E-state index < -0.39 is 16.6 Å². The predicted molar refractivity (Wildman–Crippen MR) is 62.5 cm³/mol. The molecule has 0 aliphatic heterocycles. The van der Waals surface area contributed by atoms with Gasteiger partial charge in [-0.3, -0.25) is 4.72 Å². The lowest BCUT2D eigenvalue weighted by Gasteiger charge is -2.09. The minimum atomic E-state index is -3.57. The number of nitrogens with one attached hydrogen (secondary N) is 1. The van der Waals surface area contributed by atoms with Crippen LogP contribution >= 0.6 is 11.6 Å². The third kappa shape index (κ3) is 3.55. The molecule has 16 heavy (non-hydrogen) atoms. The first-order valence-electron chi connectivity index (χ1n) is 4.43. The molecule has 2 N–H and O–H groups in total. The topological polar surface area (TPSA) is 75.6 Å². The van der Waals surface area contributed by atoms with Gasteiger partial charge >= 0.3 is 0 Å². The van der Waals surface area contributed by atoms with E-state index >= 15 is 0 Å². The van der Waals surface area contributed by atoms with Crippen LogP contribution in [0.5, 0.6) is 5.75 Å². The number of ether oxygens (including phenoxy) is 1. The van der Waals surface area contributed by atoms with Crippen molar-refractivity contribution >= 4 is 27.3 Å². The maximum absolute atomic E-state index is 11.4. The molecular formula is C9H12ClNO4S. The molecule has 90 valence electrons. The highest BCUT2D eigenvalue weighted by atomic mass is 35.5. The number of rotatable bonds is 5. The third-order valence-corrected chi connectivity index (χ3v) is 3.38. The van der Waals surface area contributed by atoms with Gasteiger partial charge in [0, 0.05) is 6.07 Å². The average molecular weight is 266 g/mol. The van der Waals surface area contributed by atoms with Crippen LogP contribution in [0.3, 0.4) is 0 Å². The summed E-state index contributed by atoms with van der Waals surface area (Å²) in [6.45, 7) is -0.447. The van der Waals surface area contributed by atoms with Crippen LogP contribution in [0.25, 0.3) is 0 Å². The first kappa shape index (κ1) is 13.1. The standard InChI is InChI=1S/C9H12ClNO4S/c1-15-7-2-3-8(10)9(6-7)11-16(13,14)5-4-12/h2-3,6,11-12H,4-5H2,1H3. The Morgan fingerprint density at radius 2 is 2.19 bits per heavy atom. The van der Waals surface area contributed by atoms with E-state index in [0.717, 1.165) is 0 Å². The fourth-order valence-electron chi connectivity index (χ4n) is 1.05. The number of benzene rings is 1. The highest BCUT2D eigenvalue weighted by molar-refractivity contribution is 7.92. The van der Waals surface area contributed by atoms with Crippen LogP contribution in [0.15, 0.2) is 18.2 Å². The van der Waals surface area contributed by atoms with E-state index in [1.54, 1.807) is 6.07 Å². The molecule has 0 bridgehead atoms. The average Bonchev–Trinajstić information content (AvgIpc) is 2.21. The van der Waals surface area contributed by atoms with Crippen molar-refractivity contribution in [1.29, 1.82) is 0 Å². The zero-order valence-electron chi connectivity index (χ0n) is 8.60. The molecule has 7 heteroatoms. The molecule has 0 heterocycles. The smallest absolute Gasteiger partial charge is 0.235 e. The summed E-state index contributed by atoms with van der Waals surface area (Å²) >= 11 is 5.81. The molecule has 5 nitrogen and oxygen atoms in total. The molecule has 1 aromatic carbocycles. The normalized spacial score (nSPS) is 11.2. The number of aliphatic hydroxyl groups excluding tert-OH is 1. The largest absolute Gasteiger partial charge is 0.497 e. The van der Waals surface area contributed by atoms with Crippen molar-refractivity contribution < 1.29 is 18.3 Å². The summed E-state index contributed by atoms with van der Waals surface area (Å²) in [5.74, 6) is 0.117. The second-order valence-corrected chi connectivity index (χ2v) is 5.24. The van der Waals surface area contributed by atoms with E-state index in [4.69, 9.17) is 21.4 Å². The third-order valence-electron chi connectivity index (χ3n) is 1.80. The van der Waals surface area contributed by atoms with E-state index in [9.17, 15) is 8.42 Å². The molecule has 0 unspecified atom stereocenters. The van der Waals surface area contributed by atoms with Crippen molar-refractivity contribution in [2.45, 2.75) is 0 Å². The summed E-state index contributed by atoms with van der Waals surface area (Å²) in [5, 5.41) is 8.84. The Bertz CT molecular complexity index is 461. The summed E-state index contributed by atoms with van der Waals surface area (Å²) in [6.07, 6.45) is 0. The van der Waals surface area contributed by atoms with Crippen LogP contribution in [0.4, 0.5) is 5.69 Å². The molecule has 0 aliphatic rings. The Morgan fingerprint density at radius 1 is 1.50 bits per heavy atom. The van der Waals surface area contributed by atoms with Gasteiger partial charge in [0.2, 0.25) is 10.0 Å². The van der Waals surface area contributed by atoms with E-state index in [-0.39, 0.29) is 16.5 Å². The molecule has 0 saturated carbocycles. The Morgan fingerprint density at radius 3 is 2.75 bits per heavy atom. The van der Waals surface area contributed by atoms with Crippen molar-refractivity contribution in [3.63, 3.8) is 0 Å². The maximum Gasteiger partial charge on any atom is 0.235 e. The predicted octanol–water partition coefficient (Wildman–Crippen LogP) is 1.08. The van der Waals surface area contributed by atoms with Gasteiger partial charge in [-0.15, -0.1) is 0 Å². The number of anilines is 1. The molecule has 0 fully saturated rings. The van der Waals surface area contributed by atoms with Crippen LogP contribution in [0.2, 0.25) is 5.02 Å². The first-order valence-corrected chi connectivity index (χ1v) is 6.46. The first-order chi connectivity index (χ1) is 7.48. The number of halogens is 1. The summed E-state index contributed by atoms with van der Waals surface area (Å²) < 4.78 is 30.0. The van der Waals surface area contributed by atoms with Gasteiger partial charge in [-0.2, -0.15) is 0 Å². The van der Waals surface area contributed by atoms with Gasteiger partial charge in [0.1, 0.15) is 5.75 Å². The monoisotopic (exact) mass is 265 g/mol. The van der Waals surface area contributed by atoms with Crippen LogP contribution in [0.1, 0.15) is 0 Å². The molecule has 0 aliphatic carbocycles. The summed E-state index contributed by atoms with van der Waals surface area (Å²) in [5.41, 5.74) is 0.231. The molecule has 0 radical (unpaired) electrons. The lowest BCUT2D eigenvalue weighted by Crippen LogP contribution is -2.19. The van der Waals surface area contributed by atoms with Crippen LogP contribution in [-0.4, -0.2) is 33.0 Å².